The van der Waals surface area contributed by atoms with Crippen LogP contribution in [0.4, 0.5) is 17.1 Å². The first-order valence-electron chi connectivity index (χ1n) is 7.84. The molecule has 0 atom stereocenters. The number of nitrogens with zero attached hydrogens (tertiary/aromatic N) is 3. The number of nitro groups is 1. The highest BCUT2D eigenvalue weighted by Gasteiger charge is 2.19. The summed E-state index contributed by atoms with van der Waals surface area (Å²) in [5.74, 6) is 0. The lowest BCUT2D eigenvalue weighted by molar-refractivity contribution is -0.384. The Labute approximate surface area is 159 Å². The van der Waals surface area contributed by atoms with Gasteiger partial charge in [0.2, 0.25) is 0 Å². The predicted octanol–water partition coefficient (Wildman–Crippen LogP) is 3.88. The van der Waals surface area contributed by atoms with Gasteiger partial charge < -0.3 is 15.1 Å². The van der Waals surface area contributed by atoms with Crippen molar-refractivity contribution in [3.8, 4) is 0 Å². The van der Waals surface area contributed by atoms with Gasteiger partial charge in [0.05, 0.1) is 4.92 Å². The fourth-order valence-corrected chi connectivity index (χ4v) is 3.25. The molecule has 2 aromatic rings. The lowest BCUT2D eigenvalue weighted by Gasteiger charge is -2.37. The predicted molar refractivity (Wildman–Crippen MR) is 107 cm³/mol. The number of benzene rings is 2. The van der Waals surface area contributed by atoms with E-state index >= 15 is 0 Å². The van der Waals surface area contributed by atoms with Crippen molar-refractivity contribution in [2.75, 3.05) is 36.4 Å². The van der Waals surface area contributed by atoms with Gasteiger partial charge in [0.1, 0.15) is 0 Å². The third-order valence-corrected chi connectivity index (χ3v) is 4.98. The smallest absolute Gasteiger partial charge is 0.269 e. The average Bonchev–Trinajstić information content (AvgIpc) is 2.64. The summed E-state index contributed by atoms with van der Waals surface area (Å²) in [4.78, 5) is 14.7. The highest BCUT2D eigenvalue weighted by atomic mass is 79.9. The molecule has 0 amide bonds. The van der Waals surface area contributed by atoms with E-state index in [1.165, 1.54) is 0 Å². The highest BCUT2D eigenvalue weighted by molar-refractivity contribution is 9.10. The standard InChI is InChI=1S/C17H17BrN4O2S/c18-13-1-3-14(4-2-13)19-17(25)21-11-9-20(10-12-21)15-5-7-16(8-6-15)22(23)24/h1-8H,9-12H2,(H,19,25). The van der Waals surface area contributed by atoms with Crippen LogP contribution in [0.5, 0.6) is 0 Å². The molecule has 2 aromatic carbocycles. The van der Waals surface area contributed by atoms with Crippen LogP contribution in [0.15, 0.2) is 53.0 Å². The Morgan fingerprint density at radius 1 is 1.04 bits per heavy atom. The molecular weight excluding hydrogens is 404 g/mol. The summed E-state index contributed by atoms with van der Waals surface area (Å²) in [7, 11) is 0. The van der Waals surface area contributed by atoms with Crippen LogP contribution in [0.25, 0.3) is 0 Å². The number of hydrogen-bond acceptors (Lipinski definition) is 4. The minimum Gasteiger partial charge on any atom is -0.368 e. The van der Waals surface area contributed by atoms with E-state index in [4.69, 9.17) is 12.2 Å². The summed E-state index contributed by atoms with van der Waals surface area (Å²) >= 11 is 8.92. The van der Waals surface area contributed by atoms with Crippen molar-refractivity contribution in [2.45, 2.75) is 0 Å². The fraction of sp³-hybridized carbons (Fsp3) is 0.235. The Morgan fingerprint density at radius 2 is 1.64 bits per heavy atom. The number of piperazine rings is 1. The van der Waals surface area contributed by atoms with Crippen molar-refractivity contribution in [2.24, 2.45) is 0 Å². The van der Waals surface area contributed by atoms with Crippen LogP contribution >= 0.6 is 28.1 Å². The summed E-state index contributed by atoms with van der Waals surface area (Å²) in [6.07, 6.45) is 0. The average molecular weight is 421 g/mol. The summed E-state index contributed by atoms with van der Waals surface area (Å²) in [6, 6.07) is 14.6. The molecule has 1 aliphatic heterocycles. The van der Waals surface area contributed by atoms with E-state index in [9.17, 15) is 10.1 Å². The number of non-ortho nitro benzene ring substituents is 1. The van der Waals surface area contributed by atoms with Crippen molar-refractivity contribution in [1.29, 1.82) is 0 Å². The first-order chi connectivity index (χ1) is 12.0. The molecule has 0 spiro atoms. The maximum atomic E-state index is 10.7. The SMILES string of the molecule is O=[N+]([O-])c1ccc(N2CCN(C(=S)Nc3ccc(Br)cc3)CC2)cc1. The first-order valence-corrected chi connectivity index (χ1v) is 9.04. The number of halogens is 1. The zero-order valence-corrected chi connectivity index (χ0v) is 15.8. The van der Waals surface area contributed by atoms with Crippen LogP contribution in [-0.2, 0) is 0 Å². The number of anilines is 2. The molecule has 1 saturated heterocycles. The Hall–Kier alpha value is -2.19. The summed E-state index contributed by atoms with van der Waals surface area (Å²) < 4.78 is 1.03. The van der Waals surface area contributed by atoms with Crippen molar-refractivity contribution >= 4 is 50.3 Å². The molecule has 1 aliphatic rings. The van der Waals surface area contributed by atoms with Crippen LogP contribution < -0.4 is 10.2 Å². The first kappa shape index (κ1) is 17.6. The maximum absolute atomic E-state index is 10.7. The molecule has 0 saturated carbocycles. The van der Waals surface area contributed by atoms with E-state index in [0.29, 0.717) is 5.11 Å². The van der Waals surface area contributed by atoms with Crippen LogP contribution in [0.2, 0.25) is 0 Å². The number of nitrogens with one attached hydrogen (secondary N) is 1. The molecule has 0 aromatic heterocycles. The summed E-state index contributed by atoms with van der Waals surface area (Å²) in [5.41, 5.74) is 2.07. The minimum atomic E-state index is -0.381. The van der Waals surface area contributed by atoms with Gasteiger partial charge >= 0.3 is 0 Å². The quantitative estimate of drug-likeness (QED) is 0.461. The van der Waals surface area contributed by atoms with Crippen LogP contribution in [0.1, 0.15) is 0 Å². The van der Waals surface area contributed by atoms with Gasteiger partial charge in [-0.15, -0.1) is 0 Å². The van der Waals surface area contributed by atoms with Gasteiger partial charge in [0, 0.05) is 54.2 Å². The lowest BCUT2D eigenvalue weighted by atomic mass is 10.2. The molecule has 1 N–H and O–H groups in total. The number of rotatable bonds is 3. The number of thiocarbonyl (C=S) groups is 1. The minimum absolute atomic E-state index is 0.113. The van der Waals surface area contributed by atoms with Crippen LogP contribution in [0, 0.1) is 10.1 Å². The Kier molecular flexibility index (Phi) is 5.50. The second kappa shape index (κ2) is 7.79. The molecule has 0 bridgehead atoms. The third kappa shape index (κ3) is 4.46. The molecule has 1 fully saturated rings. The molecule has 8 heteroatoms. The second-order valence-corrected chi connectivity index (χ2v) is 6.99. The molecule has 0 radical (unpaired) electrons. The molecule has 130 valence electrons. The van der Waals surface area contributed by atoms with Gasteiger partial charge in [0.15, 0.2) is 5.11 Å². The van der Waals surface area contributed by atoms with E-state index in [1.807, 2.05) is 24.3 Å². The number of hydrogen-bond donors (Lipinski definition) is 1. The second-order valence-electron chi connectivity index (χ2n) is 5.68. The molecule has 0 aliphatic carbocycles. The van der Waals surface area contributed by atoms with Crippen LogP contribution in [-0.4, -0.2) is 41.1 Å². The lowest BCUT2D eigenvalue weighted by Crippen LogP contribution is -2.50. The van der Waals surface area contributed by atoms with Crippen molar-refractivity contribution in [3.05, 3.63) is 63.1 Å². The summed E-state index contributed by atoms with van der Waals surface area (Å²) in [5, 5.41) is 14.7. The highest BCUT2D eigenvalue weighted by Crippen LogP contribution is 2.21. The van der Waals surface area contributed by atoms with Crippen molar-refractivity contribution in [3.63, 3.8) is 0 Å². The van der Waals surface area contributed by atoms with E-state index in [0.717, 1.165) is 42.0 Å². The van der Waals surface area contributed by atoms with Crippen molar-refractivity contribution in [1.82, 2.24) is 4.90 Å². The monoisotopic (exact) mass is 420 g/mol. The van der Waals surface area contributed by atoms with Gasteiger partial charge in [0.25, 0.3) is 5.69 Å². The van der Waals surface area contributed by atoms with Gasteiger partial charge in [-0.1, -0.05) is 15.9 Å². The zero-order chi connectivity index (χ0) is 17.8. The third-order valence-electron chi connectivity index (χ3n) is 4.09. The van der Waals surface area contributed by atoms with Gasteiger partial charge in [-0.25, -0.2) is 0 Å². The normalized spacial score (nSPS) is 14.3. The summed E-state index contributed by atoms with van der Waals surface area (Å²) in [6.45, 7) is 3.25. The topological polar surface area (TPSA) is 61.7 Å². The maximum Gasteiger partial charge on any atom is 0.269 e. The number of nitro benzene ring substituents is 1. The van der Waals surface area contributed by atoms with E-state index in [2.05, 4.69) is 31.0 Å². The molecule has 6 nitrogen and oxygen atoms in total. The van der Waals surface area contributed by atoms with Gasteiger partial charge in [-0.3, -0.25) is 10.1 Å². The Morgan fingerprint density at radius 3 is 2.20 bits per heavy atom. The van der Waals surface area contributed by atoms with E-state index < -0.39 is 0 Å². The van der Waals surface area contributed by atoms with Gasteiger partial charge in [-0.2, -0.15) is 0 Å². The largest absolute Gasteiger partial charge is 0.368 e. The van der Waals surface area contributed by atoms with Crippen LogP contribution in [0.3, 0.4) is 0 Å². The van der Waals surface area contributed by atoms with E-state index in [1.54, 1.807) is 24.3 Å². The molecule has 0 unspecified atom stereocenters. The van der Waals surface area contributed by atoms with Crippen molar-refractivity contribution < 1.29 is 4.92 Å². The molecule has 3 rings (SSSR count). The fourth-order valence-electron chi connectivity index (χ4n) is 2.69. The Balaban J connectivity index is 1.55. The molecule has 1 heterocycles. The molecule has 25 heavy (non-hydrogen) atoms. The molecular formula is C17H17BrN4O2S. The Bertz CT molecular complexity index is 759. The van der Waals surface area contributed by atoms with Gasteiger partial charge in [-0.05, 0) is 48.6 Å². The zero-order valence-electron chi connectivity index (χ0n) is 13.4. The van der Waals surface area contributed by atoms with E-state index in [-0.39, 0.29) is 10.6 Å².